The lowest BCUT2D eigenvalue weighted by Crippen LogP contribution is -2.44. The normalized spacial score (nSPS) is 16.7. The van der Waals surface area contributed by atoms with Gasteiger partial charge in [0, 0.05) is 37.9 Å². The van der Waals surface area contributed by atoms with Crippen LogP contribution in [0.1, 0.15) is 30.9 Å². The molecule has 1 fully saturated rings. The third-order valence-electron chi connectivity index (χ3n) is 4.54. The second-order valence-corrected chi connectivity index (χ2v) is 6.80. The zero-order chi connectivity index (χ0) is 16.9. The van der Waals surface area contributed by atoms with Crippen LogP contribution in [0.4, 0.5) is 0 Å². The lowest BCUT2D eigenvalue weighted by Gasteiger charge is -2.31. The molecule has 24 heavy (non-hydrogen) atoms. The van der Waals surface area contributed by atoms with Gasteiger partial charge in [0.1, 0.15) is 0 Å². The van der Waals surface area contributed by atoms with Crippen LogP contribution in [-0.2, 0) is 11.4 Å². The van der Waals surface area contributed by atoms with Crippen LogP contribution in [0.3, 0.4) is 0 Å². The lowest BCUT2D eigenvalue weighted by molar-refractivity contribution is -0.184. The van der Waals surface area contributed by atoms with Crippen LogP contribution in [-0.4, -0.2) is 48.2 Å². The van der Waals surface area contributed by atoms with Crippen LogP contribution in [0.2, 0.25) is 0 Å². The summed E-state index contributed by atoms with van der Waals surface area (Å²) in [5, 5.41) is 2.08. The van der Waals surface area contributed by atoms with E-state index in [2.05, 4.69) is 66.2 Å². The van der Waals surface area contributed by atoms with Crippen molar-refractivity contribution < 1.29 is 4.84 Å². The molecule has 0 amide bonds. The molecule has 1 aliphatic heterocycles. The Morgan fingerprint density at radius 1 is 1.08 bits per heavy atom. The minimum absolute atomic E-state index is 0.457. The Labute approximate surface area is 145 Å². The van der Waals surface area contributed by atoms with Gasteiger partial charge in [-0.05, 0) is 36.2 Å². The van der Waals surface area contributed by atoms with Crippen molar-refractivity contribution in [2.75, 3.05) is 33.2 Å². The molecule has 0 saturated carbocycles. The van der Waals surface area contributed by atoms with Crippen LogP contribution in [0.5, 0.6) is 0 Å². The minimum Gasteiger partial charge on any atom is -0.304 e. The fraction of sp³-hybridized carbons (Fsp3) is 0.450. The largest absolute Gasteiger partial charge is 0.304 e. The van der Waals surface area contributed by atoms with Gasteiger partial charge < -0.3 is 4.90 Å². The molecule has 2 aromatic rings. The number of hydrogen-bond acceptors (Lipinski definition) is 4. The van der Waals surface area contributed by atoms with E-state index >= 15 is 0 Å². The Balaban J connectivity index is 1.71. The van der Waals surface area contributed by atoms with E-state index in [0.29, 0.717) is 12.5 Å². The highest BCUT2D eigenvalue weighted by Crippen LogP contribution is 2.27. The summed E-state index contributed by atoms with van der Waals surface area (Å²) in [5.74, 6) is 0.457. The molecule has 0 aliphatic carbocycles. The molecule has 1 aromatic carbocycles. The van der Waals surface area contributed by atoms with Gasteiger partial charge in [0.05, 0.1) is 12.3 Å². The number of aromatic nitrogens is 1. The Bertz CT molecular complexity index is 663. The highest BCUT2D eigenvalue weighted by molar-refractivity contribution is 5.64. The molecule has 0 unspecified atom stereocenters. The number of likely N-dealkylation sites (N-methyl/N-ethyl adjacent to an activating group) is 1. The average molecular weight is 325 g/mol. The molecule has 0 spiro atoms. The summed E-state index contributed by atoms with van der Waals surface area (Å²) in [6.07, 6.45) is 1.87. The van der Waals surface area contributed by atoms with Gasteiger partial charge in [-0.3, -0.25) is 9.82 Å². The van der Waals surface area contributed by atoms with Gasteiger partial charge in [0.2, 0.25) is 0 Å². The first-order valence-electron chi connectivity index (χ1n) is 8.74. The standard InChI is InChI=1S/C20H27N3O/c1-16(2)19-8-5-9-21-20(19)18-7-4-6-17(14-18)15-24-23-12-10-22(3)11-13-23/h4-9,14,16H,10-13,15H2,1-3H3. The van der Waals surface area contributed by atoms with Crippen molar-refractivity contribution in [1.82, 2.24) is 14.9 Å². The Morgan fingerprint density at radius 3 is 2.62 bits per heavy atom. The topological polar surface area (TPSA) is 28.6 Å². The number of piperazine rings is 1. The van der Waals surface area contributed by atoms with Gasteiger partial charge in [-0.2, -0.15) is 5.06 Å². The molecule has 1 aromatic heterocycles. The van der Waals surface area contributed by atoms with Gasteiger partial charge in [0.25, 0.3) is 0 Å². The van der Waals surface area contributed by atoms with Crippen molar-refractivity contribution in [2.24, 2.45) is 0 Å². The van der Waals surface area contributed by atoms with E-state index in [0.717, 1.165) is 31.9 Å². The third-order valence-corrected chi connectivity index (χ3v) is 4.54. The number of benzene rings is 1. The summed E-state index contributed by atoms with van der Waals surface area (Å²) in [6.45, 7) is 9.09. The van der Waals surface area contributed by atoms with Crippen molar-refractivity contribution in [2.45, 2.75) is 26.4 Å². The van der Waals surface area contributed by atoms with Crippen LogP contribution in [0.15, 0.2) is 42.6 Å². The summed E-state index contributed by atoms with van der Waals surface area (Å²) >= 11 is 0. The maximum Gasteiger partial charge on any atom is 0.0936 e. The molecule has 4 heteroatoms. The van der Waals surface area contributed by atoms with Gasteiger partial charge >= 0.3 is 0 Å². The van der Waals surface area contributed by atoms with E-state index < -0.39 is 0 Å². The van der Waals surface area contributed by atoms with E-state index in [1.807, 2.05) is 12.3 Å². The van der Waals surface area contributed by atoms with Crippen molar-refractivity contribution in [3.05, 3.63) is 53.7 Å². The molecule has 0 N–H and O–H groups in total. The van der Waals surface area contributed by atoms with Gasteiger partial charge in [-0.25, -0.2) is 0 Å². The molecular formula is C20H27N3O. The first-order valence-corrected chi connectivity index (χ1v) is 8.74. The predicted molar refractivity (Wildman–Crippen MR) is 97.6 cm³/mol. The highest BCUT2D eigenvalue weighted by atomic mass is 16.7. The highest BCUT2D eigenvalue weighted by Gasteiger charge is 2.14. The van der Waals surface area contributed by atoms with Gasteiger partial charge in [-0.1, -0.05) is 38.1 Å². The Morgan fingerprint density at radius 2 is 1.88 bits per heavy atom. The van der Waals surface area contributed by atoms with E-state index in [-0.39, 0.29) is 0 Å². The summed E-state index contributed by atoms with van der Waals surface area (Å²) < 4.78 is 0. The zero-order valence-electron chi connectivity index (χ0n) is 14.9. The van der Waals surface area contributed by atoms with Crippen molar-refractivity contribution in [3.63, 3.8) is 0 Å². The summed E-state index contributed by atoms with van der Waals surface area (Å²) in [5.41, 5.74) is 4.72. The molecule has 0 radical (unpaired) electrons. The molecule has 2 heterocycles. The summed E-state index contributed by atoms with van der Waals surface area (Å²) in [7, 11) is 2.15. The maximum atomic E-state index is 5.97. The minimum atomic E-state index is 0.457. The average Bonchev–Trinajstić information content (AvgIpc) is 2.61. The number of hydroxylamine groups is 2. The molecular weight excluding hydrogens is 298 g/mol. The van der Waals surface area contributed by atoms with Crippen molar-refractivity contribution in [3.8, 4) is 11.3 Å². The first-order chi connectivity index (χ1) is 11.6. The van der Waals surface area contributed by atoms with E-state index in [9.17, 15) is 0 Å². The number of hydrogen-bond donors (Lipinski definition) is 0. The molecule has 0 bridgehead atoms. The summed E-state index contributed by atoms with van der Waals surface area (Å²) in [6, 6.07) is 12.7. The first kappa shape index (κ1) is 17.1. The van der Waals surface area contributed by atoms with Crippen LogP contribution >= 0.6 is 0 Å². The second-order valence-electron chi connectivity index (χ2n) is 6.80. The number of rotatable bonds is 5. The van der Waals surface area contributed by atoms with Crippen LogP contribution < -0.4 is 0 Å². The third kappa shape index (κ3) is 4.20. The molecule has 1 aliphatic rings. The van der Waals surface area contributed by atoms with E-state index in [1.54, 1.807) is 0 Å². The molecule has 3 rings (SSSR count). The quantitative estimate of drug-likeness (QED) is 0.840. The molecule has 128 valence electrons. The zero-order valence-corrected chi connectivity index (χ0v) is 14.9. The van der Waals surface area contributed by atoms with Gasteiger partial charge in [-0.15, -0.1) is 0 Å². The van der Waals surface area contributed by atoms with Crippen LogP contribution in [0, 0.1) is 0 Å². The maximum absolute atomic E-state index is 5.97. The second kappa shape index (κ2) is 7.88. The van der Waals surface area contributed by atoms with E-state index in [4.69, 9.17) is 4.84 Å². The van der Waals surface area contributed by atoms with Gasteiger partial charge in [0.15, 0.2) is 0 Å². The Hall–Kier alpha value is -1.75. The van der Waals surface area contributed by atoms with E-state index in [1.165, 1.54) is 16.7 Å². The monoisotopic (exact) mass is 325 g/mol. The fourth-order valence-corrected chi connectivity index (χ4v) is 3.02. The number of pyridine rings is 1. The summed E-state index contributed by atoms with van der Waals surface area (Å²) in [4.78, 5) is 12.9. The SMILES string of the molecule is CC(C)c1cccnc1-c1cccc(CON2CCN(C)CC2)c1. The molecule has 4 nitrogen and oxygen atoms in total. The molecule has 0 atom stereocenters. The fourth-order valence-electron chi connectivity index (χ4n) is 3.02. The predicted octanol–water partition coefficient (Wildman–Crippen LogP) is 3.55. The van der Waals surface area contributed by atoms with Crippen LogP contribution in [0.25, 0.3) is 11.3 Å². The number of nitrogens with zero attached hydrogens (tertiary/aromatic N) is 3. The lowest BCUT2D eigenvalue weighted by atomic mass is 9.96. The van der Waals surface area contributed by atoms with Crippen molar-refractivity contribution in [1.29, 1.82) is 0 Å². The smallest absolute Gasteiger partial charge is 0.0936 e. The molecule has 1 saturated heterocycles. The van der Waals surface area contributed by atoms with Crippen molar-refractivity contribution >= 4 is 0 Å². The Kier molecular flexibility index (Phi) is 5.61.